The quantitative estimate of drug-likeness (QED) is 0.728. The SMILES string of the molecule is c1ccc(NCCNCc2ccco2)cc1. The molecule has 0 fully saturated rings. The van der Waals surface area contributed by atoms with Gasteiger partial charge in [-0.1, -0.05) is 18.2 Å². The summed E-state index contributed by atoms with van der Waals surface area (Å²) < 4.78 is 5.22. The average molecular weight is 216 g/mol. The zero-order valence-electron chi connectivity index (χ0n) is 9.15. The monoisotopic (exact) mass is 216 g/mol. The molecule has 0 saturated carbocycles. The molecule has 0 radical (unpaired) electrons. The van der Waals surface area contributed by atoms with Gasteiger partial charge in [0.25, 0.3) is 0 Å². The molecule has 16 heavy (non-hydrogen) atoms. The van der Waals surface area contributed by atoms with E-state index in [1.807, 2.05) is 30.3 Å². The molecule has 1 aromatic heterocycles. The van der Waals surface area contributed by atoms with Crippen molar-refractivity contribution in [2.75, 3.05) is 18.4 Å². The van der Waals surface area contributed by atoms with Gasteiger partial charge in [0.2, 0.25) is 0 Å². The lowest BCUT2D eigenvalue weighted by Gasteiger charge is -2.06. The van der Waals surface area contributed by atoms with E-state index in [-0.39, 0.29) is 0 Å². The second kappa shape index (κ2) is 5.98. The smallest absolute Gasteiger partial charge is 0.117 e. The van der Waals surface area contributed by atoms with E-state index in [9.17, 15) is 0 Å². The van der Waals surface area contributed by atoms with E-state index in [1.54, 1.807) is 6.26 Å². The molecular formula is C13H16N2O. The van der Waals surface area contributed by atoms with Gasteiger partial charge in [0.05, 0.1) is 12.8 Å². The van der Waals surface area contributed by atoms with Crippen LogP contribution in [0.4, 0.5) is 5.69 Å². The predicted molar refractivity (Wildman–Crippen MR) is 65.3 cm³/mol. The largest absolute Gasteiger partial charge is 0.468 e. The molecular weight excluding hydrogens is 200 g/mol. The first kappa shape index (κ1) is 10.8. The van der Waals surface area contributed by atoms with E-state index >= 15 is 0 Å². The Balaban J connectivity index is 1.59. The first-order chi connectivity index (χ1) is 7.95. The average Bonchev–Trinajstić information content (AvgIpc) is 2.83. The summed E-state index contributed by atoms with van der Waals surface area (Å²) in [6, 6.07) is 14.1. The van der Waals surface area contributed by atoms with Crippen LogP contribution >= 0.6 is 0 Å². The van der Waals surface area contributed by atoms with Crippen molar-refractivity contribution in [3.8, 4) is 0 Å². The van der Waals surface area contributed by atoms with Gasteiger partial charge in [-0.15, -0.1) is 0 Å². The first-order valence-electron chi connectivity index (χ1n) is 5.47. The Morgan fingerprint density at radius 2 is 1.81 bits per heavy atom. The Morgan fingerprint density at radius 1 is 0.938 bits per heavy atom. The van der Waals surface area contributed by atoms with Crippen LogP contribution in [0.15, 0.2) is 53.1 Å². The summed E-state index contributed by atoms with van der Waals surface area (Å²) in [4.78, 5) is 0. The molecule has 2 rings (SSSR count). The highest BCUT2D eigenvalue weighted by molar-refractivity contribution is 5.42. The molecule has 0 aliphatic carbocycles. The molecule has 3 nitrogen and oxygen atoms in total. The third-order valence-corrected chi connectivity index (χ3v) is 2.28. The third-order valence-electron chi connectivity index (χ3n) is 2.28. The Kier molecular flexibility index (Phi) is 4.02. The number of nitrogens with one attached hydrogen (secondary N) is 2. The normalized spacial score (nSPS) is 10.2. The lowest BCUT2D eigenvalue weighted by atomic mass is 10.3. The Bertz CT molecular complexity index is 384. The van der Waals surface area contributed by atoms with Crippen LogP contribution in [0.3, 0.4) is 0 Å². The fourth-order valence-corrected chi connectivity index (χ4v) is 1.48. The number of anilines is 1. The number of benzene rings is 1. The Hall–Kier alpha value is -1.74. The van der Waals surface area contributed by atoms with E-state index in [0.717, 1.165) is 31.1 Å². The van der Waals surface area contributed by atoms with Gasteiger partial charge < -0.3 is 15.1 Å². The van der Waals surface area contributed by atoms with Crippen LogP contribution in [-0.2, 0) is 6.54 Å². The molecule has 2 aromatic rings. The second-order valence-electron chi connectivity index (χ2n) is 3.55. The summed E-state index contributed by atoms with van der Waals surface area (Å²) >= 11 is 0. The summed E-state index contributed by atoms with van der Waals surface area (Å²) in [5.74, 6) is 0.972. The van der Waals surface area contributed by atoms with Gasteiger partial charge in [-0.25, -0.2) is 0 Å². The maximum Gasteiger partial charge on any atom is 0.117 e. The minimum atomic E-state index is 0.781. The summed E-state index contributed by atoms with van der Waals surface area (Å²) in [5.41, 5.74) is 1.15. The fourth-order valence-electron chi connectivity index (χ4n) is 1.48. The van der Waals surface area contributed by atoms with Gasteiger partial charge >= 0.3 is 0 Å². The molecule has 0 amide bonds. The van der Waals surface area contributed by atoms with Crippen LogP contribution in [-0.4, -0.2) is 13.1 Å². The van der Waals surface area contributed by atoms with Crippen molar-refractivity contribution in [3.05, 3.63) is 54.5 Å². The third kappa shape index (κ3) is 3.44. The van der Waals surface area contributed by atoms with E-state index in [0.29, 0.717) is 0 Å². The minimum Gasteiger partial charge on any atom is -0.468 e. The van der Waals surface area contributed by atoms with Crippen molar-refractivity contribution in [3.63, 3.8) is 0 Å². The van der Waals surface area contributed by atoms with Crippen LogP contribution in [0.1, 0.15) is 5.76 Å². The first-order valence-corrected chi connectivity index (χ1v) is 5.47. The Morgan fingerprint density at radius 3 is 2.56 bits per heavy atom. The topological polar surface area (TPSA) is 37.2 Å². The van der Waals surface area contributed by atoms with E-state index in [2.05, 4.69) is 22.8 Å². The van der Waals surface area contributed by atoms with Crippen molar-refractivity contribution in [1.29, 1.82) is 0 Å². The molecule has 0 saturated heterocycles. The van der Waals surface area contributed by atoms with Crippen molar-refractivity contribution in [2.45, 2.75) is 6.54 Å². The zero-order valence-corrected chi connectivity index (χ0v) is 9.15. The highest BCUT2D eigenvalue weighted by atomic mass is 16.3. The second-order valence-corrected chi connectivity index (χ2v) is 3.55. The molecule has 0 aliphatic heterocycles. The van der Waals surface area contributed by atoms with Crippen LogP contribution in [0.25, 0.3) is 0 Å². The van der Waals surface area contributed by atoms with Gasteiger partial charge in [-0.2, -0.15) is 0 Å². The fraction of sp³-hybridized carbons (Fsp3) is 0.231. The highest BCUT2D eigenvalue weighted by Crippen LogP contribution is 2.03. The summed E-state index contributed by atoms with van der Waals surface area (Å²) in [7, 11) is 0. The molecule has 2 N–H and O–H groups in total. The number of rotatable bonds is 6. The van der Waals surface area contributed by atoms with Crippen molar-refractivity contribution >= 4 is 5.69 Å². The highest BCUT2D eigenvalue weighted by Gasteiger charge is 1.93. The molecule has 0 unspecified atom stereocenters. The van der Waals surface area contributed by atoms with E-state index in [1.165, 1.54) is 0 Å². The minimum absolute atomic E-state index is 0.781. The van der Waals surface area contributed by atoms with Crippen molar-refractivity contribution in [1.82, 2.24) is 5.32 Å². The van der Waals surface area contributed by atoms with Gasteiger partial charge in [-0.05, 0) is 24.3 Å². The number of para-hydroxylation sites is 1. The standard InChI is InChI=1S/C13H16N2O/c1-2-5-12(6-3-1)15-9-8-14-11-13-7-4-10-16-13/h1-7,10,14-15H,8-9,11H2. The van der Waals surface area contributed by atoms with Crippen molar-refractivity contribution in [2.24, 2.45) is 0 Å². The van der Waals surface area contributed by atoms with Gasteiger partial charge in [-0.3, -0.25) is 0 Å². The summed E-state index contributed by atoms with van der Waals surface area (Å²) in [6.45, 7) is 2.60. The molecule has 1 aromatic carbocycles. The predicted octanol–water partition coefficient (Wildman–Crippen LogP) is 2.48. The molecule has 0 atom stereocenters. The van der Waals surface area contributed by atoms with Crippen molar-refractivity contribution < 1.29 is 4.42 Å². The molecule has 1 heterocycles. The number of furan rings is 1. The lowest BCUT2D eigenvalue weighted by molar-refractivity contribution is 0.486. The van der Waals surface area contributed by atoms with E-state index in [4.69, 9.17) is 4.42 Å². The van der Waals surface area contributed by atoms with Crippen LogP contribution in [0.5, 0.6) is 0 Å². The summed E-state index contributed by atoms with van der Waals surface area (Å²) in [5, 5.41) is 6.63. The molecule has 84 valence electrons. The van der Waals surface area contributed by atoms with Gasteiger partial charge in [0, 0.05) is 18.8 Å². The number of hydrogen-bond acceptors (Lipinski definition) is 3. The van der Waals surface area contributed by atoms with Crippen LogP contribution < -0.4 is 10.6 Å². The molecule has 0 spiro atoms. The van der Waals surface area contributed by atoms with E-state index < -0.39 is 0 Å². The Labute approximate surface area is 95.5 Å². The van der Waals surface area contributed by atoms with Crippen LogP contribution in [0, 0.1) is 0 Å². The maximum absolute atomic E-state index is 5.22. The molecule has 0 bridgehead atoms. The van der Waals surface area contributed by atoms with Crippen LogP contribution in [0.2, 0.25) is 0 Å². The summed E-state index contributed by atoms with van der Waals surface area (Å²) in [6.07, 6.45) is 1.69. The van der Waals surface area contributed by atoms with Gasteiger partial charge in [0.15, 0.2) is 0 Å². The van der Waals surface area contributed by atoms with Gasteiger partial charge in [0.1, 0.15) is 5.76 Å². The number of hydrogen-bond donors (Lipinski definition) is 2. The zero-order chi connectivity index (χ0) is 11.1. The lowest BCUT2D eigenvalue weighted by Crippen LogP contribution is -2.21. The molecule has 3 heteroatoms. The maximum atomic E-state index is 5.22. The molecule has 0 aliphatic rings.